The largest absolute Gasteiger partial charge is 0.354 e. The van der Waals surface area contributed by atoms with Crippen LogP contribution in [0.3, 0.4) is 0 Å². The van der Waals surface area contributed by atoms with Crippen molar-refractivity contribution in [2.45, 2.75) is 71.0 Å². The summed E-state index contributed by atoms with van der Waals surface area (Å²) in [6.45, 7) is 2.37. The quantitative estimate of drug-likeness (QED) is 0.866. The molecule has 1 amide bonds. The van der Waals surface area contributed by atoms with E-state index in [-0.39, 0.29) is 12.3 Å². The van der Waals surface area contributed by atoms with Crippen LogP contribution in [0.1, 0.15) is 55.6 Å². The highest BCUT2D eigenvalue weighted by Gasteiger charge is 2.35. The molecule has 1 atom stereocenters. The van der Waals surface area contributed by atoms with E-state index in [1.807, 2.05) is 0 Å². The Morgan fingerprint density at radius 2 is 2.04 bits per heavy atom. The number of aromatic nitrogens is 2. The maximum absolute atomic E-state index is 12.9. The third kappa shape index (κ3) is 3.77. The van der Waals surface area contributed by atoms with E-state index >= 15 is 0 Å². The maximum atomic E-state index is 12.9. The maximum Gasteiger partial charge on any atom is 0.333 e. The van der Waals surface area contributed by atoms with Gasteiger partial charge in [-0.05, 0) is 46.1 Å². The fourth-order valence-corrected chi connectivity index (χ4v) is 3.73. The highest BCUT2D eigenvalue weighted by atomic mass is 19.3. The SMILES string of the molecule is Cc1nn(C(F)F)c(C)c1CC(=O)NCC1CCCCN1C1CC1. The summed E-state index contributed by atoms with van der Waals surface area (Å²) in [6.07, 6.45) is 6.24. The Morgan fingerprint density at radius 1 is 1.29 bits per heavy atom. The van der Waals surface area contributed by atoms with Crippen LogP contribution in [0.5, 0.6) is 0 Å². The summed E-state index contributed by atoms with van der Waals surface area (Å²) in [7, 11) is 0. The van der Waals surface area contributed by atoms with Gasteiger partial charge in [-0.3, -0.25) is 9.69 Å². The summed E-state index contributed by atoms with van der Waals surface area (Å²) in [6, 6.07) is 1.13. The van der Waals surface area contributed by atoms with E-state index in [1.54, 1.807) is 13.8 Å². The minimum atomic E-state index is -2.67. The van der Waals surface area contributed by atoms with Crippen LogP contribution in [-0.4, -0.2) is 45.8 Å². The Balaban J connectivity index is 1.56. The smallest absolute Gasteiger partial charge is 0.333 e. The standard InChI is InChI=1S/C17H26F2N4O/c1-11-15(12(2)23(21-11)17(18)19)9-16(24)20-10-14-5-3-4-8-22(14)13-6-7-13/h13-14,17H,3-10H2,1-2H3,(H,20,24). The van der Waals surface area contributed by atoms with Crippen LogP contribution >= 0.6 is 0 Å². The number of halogens is 2. The van der Waals surface area contributed by atoms with E-state index in [0.29, 0.717) is 40.3 Å². The lowest BCUT2D eigenvalue weighted by atomic mass is 10.0. The van der Waals surface area contributed by atoms with Gasteiger partial charge in [0.1, 0.15) is 0 Å². The molecule has 1 unspecified atom stereocenters. The summed E-state index contributed by atoms with van der Waals surface area (Å²) in [5, 5.41) is 6.84. The number of nitrogens with one attached hydrogen (secondary N) is 1. The Morgan fingerprint density at radius 3 is 2.67 bits per heavy atom. The minimum Gasteiger partial charge on any atom is -0.354 e. The molecule has 5 nitrogen and oxygen atoms in total. The first kappa shape index (κ1) is 17.3. The Labute approximate surface area is 141 Å². The van der Waals surface area contributed by atoms with E-state index in [4.69, 9.17) is 0 Å². The second-order valence-electron chi connectivity index (χ2n) is 6.97. The number of likely N-dealkylation sites (tertiary alicyclic amines) is 1. The molecule has 134 valence electrons. The Bertz CT molecular complexity index is 598. The molecule has 7 heteroatoms. The summed E-state index contributed by atoms with van der Waals surface area (Å²) < 4.78 is 26.4. The number of amides is 1. The van der Waals surface area contributed by atoms with Crippen LogP contribution in [0.15, 0.2) is 0 Å². The zero-order valence-electron chi connectivity index (χ0n) is 14.4. The number of piperidine rings is 1. The van der Waals surface area contributed by atoms with Crippen LogP contribution in [0, 0.1) is 13.8 Å². The van der Waals surface area contributed by atoms with Crippen LogP contribution in [0.25, 0.3) is 0 Å². The van der Waals surface area contributed by atoms with E-state index < -0.39 is 6.55 Å². The van der Waals surface area contributed by atoms with E-state index in [9.17, 15) is 13.6 Å². The van der Waals surface area contributed by atoms with Gasteiger partial charge in [-0.1, -0.05) is 6.42 Å². The molecule has 2 aliphatic rings. The van der Waals surface area contributed by atoms with Crippen molar-refractivity contribution < 1.29 is 13.6 Å². The number of alkyl halides is 2. The number of aryl methyl sites for hydroxylation is 1. The summed E-state index contributed by atoms with van der Waals surface area (Å²) in [4.78, 5) is 14.8. The summed E-state index contributed by atoms with van der Waals surface area (Å²) in [5.74, 6) is -0.115. The fourth-order valence-electron chi connectivity index (χ4n) is 3.73. The highest BCUT2D eigenvalue weighted by molar-refractivity contribution is 5.79. The van der Waals surface area contributed by atoms with Gasteiger partial charge in [-0.15, -0.1) is 0 Å². The van der Waals surface area contributed by atoms with Crippen LogP contribution < -0.4 is 5.32 Å². The van der Waals surface area contributed by atoms with Gasteiger partial charge in [0.05, 0.1) is 12.1 Å². The predicted molar refractivity (Wildman–Crippen MR) is 87.0 cm³/mol. The normalized spacial score (nSPS) is 22.1. The van der Waals surface area contributed by atoms with Crippen LogP contribution in [0.2, 0.25) is 0 Å². The van der Waals surface area contributed by atoms with Crippen molar-refractivity contribution in [3.8, 4) is 0 Å². The molecule has 1 saturated heterocycles. The van der Waals surface area contributed by atoms with Crippen molar-refractivity contribution in [2.75, 3.05) is 13.1 Å². The van der Waals surface area contributed by atoms with Gasteiger partial charge >= 0.3 is 6.55 Å². The topological polar surface area (TPSA) is 50.2 Å². The van der Waals surface area contributed by atoms with E-state index in [1.165, 1.54) is 25.7 Å². The summed E-state index contributed by atoms with van der Waals surface area (Å²) in [5.41, 5.74) is 1.48. The van der Waals surface area contributed by atoms with Gasteiger partial charge in [0.25, 0.3) is 0 Å². The average Bonchev–Trinajstić information content (AvgIpc) is 3.35. The third-order valence-electron chi connectivity index (χ3n) is 5.22. The molecule has 0 aromatic carbocycles. The van der Waals surface area contributed by atoms with Gasteiger partial charge in [0, 0.05) is 29.9 Å². The third-order valence-corrected chi connectivity index (χ3v) is 5.22. The minimum absolute atomic E-state index is 0.112. The van der Waals surface area contributed by atoms with Crippen molar-refractivity contribution >= 4 is 5.91 Å². The zero-order chi connectivity index (χ0) is 17.3. The number of carbonyl (C=O) groups is 1. The molecule has 1 aromatic heterocycles. The molecule has 0 spiro atoms. The molecule has 1 N–H and O–H groups in total. The van der Waals surface area contributed by atoms with Crippen molar-refractivity contribution in [2.24, 2.45) is 0 Å². The average molecular weight is 340 g/mol. The fraction of sp³-hybridized carbons (Fsp3) is 0.765. The molecule has 1 saturated carbocycles. The molecule has 0 bridgehead atoms. The number of hydrogen-bond acceptors (Lipinski definition) is 3. The molecule has 3 rings (SSSR count). The van der Waals surface area contributed by atoms with Gasteiger partial charge in [0.2, 0.25) is 5.91 Å². The number of hydrogen-bond donors (Lipinski definition) is 1. The molecule has 0 radical (unpaired) electrons. The Hall–Kier alpha value is -1.50. The van der Waals surface area contributed by atoms with Gasteiger partial charge in [0.15, 0.2) is 0 Å². The Kier molecular flexibility index (Phi) is 5.18. The van der Waals surface area contributed by atoms with Crippen molar-refractivity contribution in [1.29, 1.82) is 0 Å². The molecule has 2 fully saturated rings. The van der Waals surface area contributed by atoms with Crippen LogP contribution in [0.4, 0.5) is 8.78 Å². The number of rotatable bonds is 6. The molecular weight excluding hydrogens is 314 g/mol. The van der Waals surface area contributed by atoms with Crippen LogP contribution in [-0.2, 0) is 11.2 Å². The second kappa shape index (κ2) is 7.17. The number of carbonyl (C=O) groups excluding carboxylic acids is 1. The van der Waals surface area contributed by atoms with Crippen molar-refractivity contribution in [1.82, 2.24) is 20.0 Å². The predicted octanol–water partition coefficient (Wildman–Crippen LogP) is 2.57. The number of nitrogens with zero attached hydrogens (tertiary/aromatic N) is 3. The zero-order valence-corrected chi connectivity index (χ0v) is 14.4. The monoisotopic (exact) mass is 340 g/mol. The molecule has 1 aliphatic carbocycles. The lowest BCUT2D eigenvalue weighted by Gasteiger charge is -2.36. The molecule has 1 aliphatic heterocycles. The molecule has 24 heavy (non-hydrogen) atoms. The van der Waals surface area contributed by atoms with Crippen molar-refractivity contribution in [3.63, 3.8) is 0 Å². The van der Waals surface area contributed by atoms with E-state index in [2.05, 4.69) is 15.3 Å². The van der Waals surface area contributed by atoms with Gasteiger partial charge < -0.3 is 5.32 Å². The lowest BCUT2D eigenvalue weighted by Crippen LogP contribution is -2.47. The van der Waals surface area contributed by atoms with Crippen molar-refractivity contribution in [3.05, 3.63) is 17.0 Å². The van der Waals surface area contributed by atoms with Gasteiger partial charge in [-0.25, -0.2) is 4.68 Å². The first-order chi connectivity index (χ1) is 11.5. The second-order valence-corrected chi connectivity index (χ2v) is 6.97. The first-order valence-electron chi connectivity index (χ1n) is 8.82. The highest BCUT2D eigenvalue weighted by Crippen LogP contribution is 2.32. The molecular formula is C17H26F2N4O. The van der Waals surface area contributed by atoms with Gasteiger partial charge in [-0.2, -0.15) is 13.9 Å². The molecule has 2 heterocycles. The molecule has 1 aromatic rings. The van der Waals surface area contributed by atoms with E-state index in [0.717, 1.165) is 13.0 Å². The summed E-state index contributed by atoms with van der Waals surface area (Å²) >= 11 is 0. The first-order valence-corrected chi connectivity index (χ1v) is 8.82. The lowest BCUT2D eigenvalue weighted by molar-refractivity contribution is -0.120.